The number of methoxy groups -OCH3 is 1. The summed E-state index contributed by atoms with van der Waals surface area (Å²) in [6.45, 7) is -0.556. The summed E-state index contributed by atoms with van der Waals surface area (Å²) in [5.74, 6) is -2.76. The maximum absolute atomic E-state index is 13.4. The van der Waals surface area contributed by atoms with Crippen molar-refractivity contribution in [3.8, 4) is 5.75 Å². The molecule has 1 fully saturated rings. The molecule has 4 nitrogen and oxygen atoms in total. The highest BCUT2D eigenvalue weighted by Gasteiger charge is 2.47. The van der Waals surface area contributed by atoms with E-state index in [0.29, 0.717) is 17.0 Å². The largest absolute Gasteiger partial charge is 0.497 e. The Morgan fingerprint density at radius 1 is 1.47 bits per heavy atom. The normalized spacial score (nSPS) is 23.8. The first-order valence-electron chi connectivity index (χ1n) is 5.91. The van der Waals surface area contributed by atoms with Crippen LogP contribution >= 0.6 is 0 Å². The predicted octanol–water partition coefficient (Wildman–Crippen LogP) is 2.26. The number of alkyl halides is 2. The van der Waals surface area contributed by atoms with Crippen molar-refractivity contribution >= 4 is 17.8 Å². The van der Waals surface area contributed by atoms with Crippen LogP contribution < -0.4 is 4.74 Å². The standard InChI is InChI=1S/C13H12F2N2O2/c1-19-9-2-3-11-10(4-9)12(18)17-7-13(14,15)5-8(17)6-16-11/h2-4,6,8H,5,7H2,1H3/t8-/m0/s1. The van der Waals surface area contributed by atoms with E-state index in [1.165, 1.54) is 24.3 Å². The van der Waals surface area contributed by atoms with Crippen LogP contribution in [0.5, 0.6) is 5.75 Å². The van der Waals surface area contributed by atoms with Gasteiger partial charge in [-0.25, -0.2) is 8.78 Å². The third kappa shape index (κ3) is 1.97. The second-order valence-electron chi connectivity index (χ2n) is 4.72. The molecule has 6 heteroatoms. The Bertz CT molecular complexity index is 572. The minimum absolute atomic E-state index is 0.302. The summed E-state index contributed by atoms with van der Waals surface area (Å²) in [6.07, 6.45) is 1.06. The zero-order chi connectivity index (χ0) is 13.6. The van der Waals surface area contributed by atoms with Gasteiger partial charge in [0.1, 0.15) is 5.75 Å². The quantitative estimate of drug-likeness (QED) is 0.782. The molecule has 2 heterocycles. The van der Waals surface area contributed by atoms with E-state index in [1.54, 1.807) is 12.1 Å². The molecule has 19 heavy (non-hydrogen) atoms. The van der Waals surface area contributed by atoms with Crippen LogP contribution in [0.3, 0.4) is 0 Å². The maximum atomic E-state index is 13.4. The van der Waals surface area contributed by atoms with Crippen molar-refractivity contribution in [2.45, 2.75) is 18.4 Å². The number of nitrogens with zero attached hydrogens (tertiary/aromatic N) is 2. The maximum Gasteiger partial charge on any atom is 0.267 e. The Morgan fingerprint density at radius 3 is 3.00 bits per heavy atom. The fourth-order valence-corrected chi connectivity index (χ4v) is 2.45. The van der Waals surface area contributed by atoms with Gasteiger partial charge >= 0.3 is 0 Å². The molecule has 0 spiro atoms. The molecular weight excluding hydrogens is 254 g/mol. The van der Waals surface area contributed by atoms with Gasteiger partial charge in [-0.05, 0) is 18.2 Å². The number of rotatable bonds is 1. The number of amides is 1. The van der Waals surface area contributed by atoms with Gasteiger partial charge in [0.2, 0.25) is 0 Å². The van der Waals surface area contributed by atoms with Gasteiger partial charge in [-0.3, -0.25) is 9.79 Å². The topological polar surface area (TPSA) is 41.9 Å². The molecule has 0 aliphatic carbocycles. The summed E-state index contributed by atoms with van der Waals surface area (Å²) in [6, 6.07) is 4.24. The van der Waals surface area contributed by atoms with Gasteiger partial charge in [0.25, 0.3) is 11.8 Å². The molecule has 1 aromatic carbocycles. The van der Waals surface area contributed by atoms with Gasteiger partial charge in [0.05, 0.1) is 30.9 Å². The number of carbonyl (C=O) groups excluding carboxylic acids is 1. The highest BCUT2D eigenvalue weighted by Crippen LogP contribution is 2.36. The van der Waals surface area contributed by atoms with E-state index in [9.17, 15) is 13.6 Å². The van der Waals surface area contributed by atoms with E-state index in [4.69, 9.17) is 4.74 Å². The van der Waals surface area contributed by atoms with Crippen LogP contribution in [0.4, 0.5) is 14.5 Å². The van der Waals surface area contributed by atoms with E-state index in [1.807, 2.05) is 0 Å². The average Bonchev–Trinajstić information content (AvgIpc) is 2.64. The summed E-state index contributed by atoms with van der Waals surface area (Å²) in [5.41, 5.74) is 0.791. The van der Waals surface area contributed by atoms with Crippen molar-refractivity contribution in [3.05, 3.63) is 23.8 Å². The zero-order valence-electron chi connectivity index (χ0n) is 10.3. The van der Waals surface area contributed by atoms with E-state index in [2.05, 4.69) is 4.99 Å². The van der Waals surface area contributed by atoms with Gasteiger partial charge < -0.3 is 9.64 Å². The van der Waals surface area contributed by atoms with Crippen LogP contribution in [0.2, 0.25) is 0 Å². The molecule has 1 atom stereocenters. The smallest absolute Gasteiger partial charge is 0.267 e. The monoisotopic (exact) mass is 266 g/mol. The van der Waals surface area contributed by atoms with Crippen molar-refractivity contribution in [2.24, 2.45) is 4.99 Å². The molecule has 0 unspecified atom stereocenters. The number of halogens is 2. The van der Waals surface area contributed by atoms with Gasteiger partial charge in [-0.15, -0.1) is 0 Å². The fourth-order valence-electron chi connectivity index (χ4n) is 2.45. The molecule has 0 N–H and O–H groups in total. The van der Waals surface area contributed by atoms with Crippen molar-refractivity contribution < 1.29 is 18.3 Å². The zero-order valence-corrected chi connectivity index (χ0v) is 10.3. The van der Waals surface area contributed by atoms with Crippen LogP contribution in [0, 0.1) is 0 Å². The van der Waals surface area contributed by atoms with Gasteiger partial charge in [0.15, 0.2) is 0 Å². The van der Waals surface area contributed by atoms with Crippen LogP contribution in [0.25, 0.3) is 0 Å². The lowest BCUT2D eigenvalue weighted by Gasteiger charge is -2.19. The first kappa shape index (κ1) is 12.1. The Labute approximate surface area is 108 Å². The third-order valence-corrected chi connectivity index (χ3v) is 3.39. The van der Waals surface area contributed by atoms with E-state index in [0.717, 1.165) is 0 Å². The van der Waals surface area contributed by atoms with Gasteiger partial charge in [0, 0.05) is 12.6 Å². The van der Waals surface area contributed by atoms with Crippen molar-refractivity contribution in [2.75, 3.05) is 13.7 Å². The van der Waals surface area contributed by atoms with Crippen LogP contribution in [0.1, 0.15) is 16.8 Å². The molecule has 0 aromatic heterocycles. The number of benzene rings is 1. The molecule has 2 aliphatic rings. The molecule has 0 saturated carbocycles. The number of fused-ring (bicyclic) bond motifs is 2. The molecule has 1 amide bonds. The van der Waals surface area contributed by atoms with Crippen molar-refractivity contribution in [1.82, 2.24) is 4.90 Å². The Balaban J connectivity index is 2.04. The van der Waals surface area contributed by atoms with Gasteiger partial charge in [-0.2, -0.15) is 0 Å². The Hall–Kier alpha value is -1.98. The second kappa shape index (κ2) is 4.01. The van der Waals surface area contributed by atoms with Crippen LogP contribution in [-0.4, -0.2) is 42.6 Å². The van der Waals surface area contributed by atoms with Crippen molar-refractivity contribution in [1.29, 1.82) is 0 Å². The lowest BCUT2D eigenvalue weighted by Crippen LogP contribution is -2.36. The van der Waals surface area contributed by atoms with Crippen LogP contribution in [0.15, 0.2) is 23.2 Å². The van der Waals surface area contributed by atoms with E-state index < -0.39 is 24.4 Å². The molecule has 1 aromatic rings. The molecule has 0 radical (unpaired) electrons. The Kier molecular flexibility index (Phi) is 2.55. The van der Waals surface area contributed by atoms with Gasteiger partial charge in [-0.1, -0.05) is 0 Å². The molecule has 3 rings (SSSR count). The minimum Gasteiger partial charge on any atom is -0.497 e. The molecular formula is C13H12F2N2O2. The number of carbonyl (C=O) groups is 1. The fraction of sp³-hybridized carbons (Fsp3) is 0.385. The summed E-state index contributed by atoms with van der Waals surface area (Å²) in [5, 5.41) is 0. The summed E-state index contributed by atoms with van der Waals surface area (Å²) in [7, 11) is 1.49. The predicted molar refractivity (Wildman–Crippen MR) is 65.5 cm³/mol. The number of ether oxygens (including phenoxy) is 1. The lowest BCUT2D eigenvalue weighted by molar-refractivity contribution is 0.0119. The molecule has 100 valence electrons. The first-order valence-corrected chi connectivity index (χ1v) is 5.91. The highest BCUT2D eigenvalue weighted by molar-refractivity contribution is 6.03. The lowest BCUT2D eigenvalue weighted by atomic mass is 10.1. The number of hydrogen-bond acceptors (Lipinski definition) is 3. The van der Waals surface area contributed by atoms with Crippen LogP contribution in [-0.2, 0) is 0 Å². The molecule has 1 saturated heterocycles. The third-order valence-electron chi connectivity index (χ3n) is 3.39. The Morgan fingerprint density at radius 2 is 2.26 bits per heavy atom. The summed E-state index contributed by atoms with van der Waals surface area (Å²) < 4.78 is 31.8. The van der Waals surface area contributed by atoms with E-state index in [-0.39, 0.29) is 6.42 Å². The summed E-state index contributed by atoms with van der Waals surface area (Å²) in [4.78, 5) is 17.7. The first-order chi connectivity index (χ1) is 9.00. The molecule has 0 bridgehead atoms. The van der Waals surface area contributed by atoms with E-state index >= 15 is 0 Å². The summed E-state index contributed by atoms with van der Waals surface area (Å²) >= 11 is 0. The van der Waals surface area contributed by atoms with Crippen molar-refractivity contribution in [3.63, 3.8) is 0 Å². The second-order valence-corrected chi connectivity index (χ2v) is 4.72. The molecule has 2 aliphatic heterocycles. The SMILES string of the molecule is COc1ccc2c(c1)C(=O)N1CC(F)(F)C[C@H]1C=N2. The average molecular weight is 266 g/mol. The number of aliphatic imine (C=N–C) groups is 1. The number of hydrogen-bond donors (Lipinski definition) is 0. The minimum atomic E-state index is -2.84. The highest BCUT2D eigenvalue weighted by atomic mass is 19.3.